The average molecular weight is 265 g/mol. The number of likely N-dealkylation sites (N-methyl/N-ethyl adjacent to an activating group) is 2. The van der Waals surface area contributed by atoms with Crippen LogP contribution < -0.4 is 5.32 Å². The fraction of sp³-hybridized carbons (Fsp3) is 0.786. The van der Waals surface area contributed by atoms with E-state index < -0.39 is 0 Å². The number of fused-ring (bicyclic) bond motifs is 1. The van der Waals surface area contributed by atoms with Gasteiger partial charge in [0, 0.05) is 38.1 Å². The lowest BCUT2D eigenvalue weighted by molar-refractivity contribution is 0.162. The van der Waals surface area contributed by atoms with Crippen LogP contribution in [0.4, 0.5) is 0 Å². The molecule has 0 saturated carbocycles. The van der Waals surface area contributed by atoms with Crippen molar-refractivity contribution in [2.75, 3.05) is 33.7 Å². The normalized spacial score (nSPS) is 20.8. The lowest BCUT2D eigenvalue weighted by Gasteiger charge is -2.34. The van der Waals surface area contributed by atoms with Gasteiger partial charge in [-0.15, -0.1) is 0 Å². The molecule has 5 nitrogen and oxygen atoms in total. The number of hydrogen-bond donors (Lipinski definition) is 2. The second-order valence-corrected chi connectivity index (χ2v) is 5.81. The van der Waals surface area contributed by atoms with Crippen molar-refractivity contribution in [3.05, 3.63) is 17.7 Å². The third kappa shape index (κ3) is 3.78. The molecule has 2 unspecified atom stereocenters. The standard InChI is InChI=1S/C14H27N5/c1-5-19(11(2)8-18(3)4)9-12-6-13-14(7-15-12)17-10-16-13/h10-12,15H,5-9H2,1-4H3,(H,16,17). The van der Waals surface area contributed by atoms with Gasteiger partial charge in [-0.2, -0.15) is 0 Å². The first kappa shape index (κ1) is 14.5. The summed E-state index contributed by atoms with van der Waals surface area (Å²) in [4.78, 5) is 12.4. The molecule has 2 atom stereocenters. The number of hydrogen-bond acceptors (Lipinski definition) is 4. The highest BCUT2D eigenvalue weighted by Gasteiger charge is 2.23. The Morgan fingerprint density at radius 1 is 1.47 bits per heavy atom. The molecule has 1 aliphatic rings. The molecule has 2 heterocycles. The fourth-order valence-corrected chi connectivity index (χ4v) is 2.91. The zero-order valence-electron chi connectivity index (χ0n) is 12.6. The largest absolute Gasteiger partial charge is 0.347 e. The van der Waals surface area contributed by atoms with Crippen molar-refractivity contribution >= 4 is 0 Å². The third-order valence-corrected chi connectivity index (χ3v) is 3.93. The molecule has 0 bridgehead atoms. The number of nitrogens with one attached hydrogen (secondary N) is 2. The average Bonchev–Trinajstić information content (AvgIpc) is 2.82. The SMILES string of the molecule is CCN(CC1Cc2nc[nH]c2CN1)C(C)CN(C)C. The predicted molar refractivity (Wildman–Crippen MR) is 78.2 cm³/mol. The first-order valence-electron chi connectivity index (χ1n) is 7.23. The van der Waals surface area contributed by atoms with E-state index in [1.807, 2.05) is 0 Å². The van der Waals surface area contributed by atoms with E-state index in [4.69, 9.17) is 0 Å². The highest BCUT2D eigenvalue weighted by atomic mass is 15.2. The molecule has 0 radical (unpaired) electrons. The van der Waals surface area contributed by atoms with E-state index in [1.165, 1.54) is 11.4 Å². The molecule has 0 aliphatic carbocycles. The molecular weight excluding hydrogens is 238 g/mol. The molecular formula is C14H27N5. The van der Waals surface area contributed by atoms with Gasteiger partial charge in [0.25, 0.3) is 0 Å². The second-order valence-electron chi connectivity index (χ2n) is 5.81. The van der Waals surface area contributed by atoms with E-state index in [2.05, 4.69) is 53.0 Å². The van der Waals surface area contributed by atoms with E-state index in [0.717, 1.165) is 32.6 Å². The van der Waals surface area contributed by atoms with Crippen LogP contribution in [-0.2, 0) is 13.0 Å². The van der Waals surface area contributed by atoms with Crippen LogP contribution in [0.3, 0.4) is 0 Å². The first-order valence-corrected chi connectivity index (χ1v) is 7.23. The van der Waals surface area contributed by atoms with E-state index in [1.54, 1.807) is 6.33 Å². The Morgan fingerprint density at radius 2 is 2.26 bits per heavy atom. The maximum Gasteiger partial charge on any atom is 0.0925 e. The van der Waals surface area contributed by atoms with Gasteiger partial charge in [0.2, 0.25) is 0 Å². The van der Waals surface area contributed by atoms with Crippen LogP contribution in [0, 0.1) is 0 Å². The summed E-state index contributed by atoms with van der Waals surface area (Å²) in [6, 6.07) is 1.10. The van der Waals surface area contributed by atoms with Crippen molar-refractivity contribution in [1.82, 2.24) is 25.1 Å². The highest BCUT2D eigenvalue weighted by molar-refractivity contribution is 5.16. The van der Waals surface area contributed by atoms with E-state index >= 15 is 0 Å². The van der Waals surface area contributed by atoms with Gasteiger partial charge < -0.3 is 15.2 Å². The molecule has 108 valence electrons. The summed E-state index contributed by atoms with van der Waals surface area (Å²) >= 11 is 0. The monoisotopic (exact) mass is 265 g/mol. The number of aromatic amines is 1. The van der Waals surface area contributed by atoms with Crippen molar-refractivity contribution in [2.45, 2.75) is 38.9 Å². The van der Waals surface area contributed by atoms with Crippen LogP contribution in [0.25, 0.3) is 0 Å². The van der Waals surface area contributed by atoms with Gasteiger partial charge in [0.1, 0.15) is 0 Å². The number of imidazole rings is 1. The van der Waals surface area contributed by atoms with Gasteiger partial charge in [-0.25, -0.2) is 4.98 Å². The van der Waals surface area contributed by atoms with Crippen LogP contribution in [0.5, 0.6) is 0 Å². The lowest BCUT2D eigenvalue weighted by Crippen LogP contribution is -2.49. The zero-order chi connectivity index (χ0) is 13.8. The zero-order valence-corrected chi connectivity index (χ0v) is 12.6. The summed E-state index contributed by atoms with van der Waals surface area (Å²) in [5.74, 6) is 0. The number of aromatic nitrogens is 2. The molecule has 0 fully saturated rings. The Labute approximate surface area is 116 Å². The molecule has 1 aromatic rings. The van der Waals surface area contributed by atoms with Crippen molar-refractivity contribution in [2.24, 2.45) is 0 Å². The molecule has 5 heteroatoms. The van der Waals surface area contributed by atoms with Gasteiger partial charge in [-0.1, -0.05) is 6.92 Å². The summed E-state index contributed by atoms with van der Waals surface area (Å²) < 4.78 is 0. The summed E-state index contributed by atoms with van der Waals surface area (Å²) in [5, 5.41) is 3.61. The molecule has 19 heavy (non-hydrogen) atoms. The maximum atomic E-state index is 4.41. The lowest BCUT2D eigenvalue weighted by atomic mass is 10.0. The van der Waals surface area contributed by atoms with Gasteiger partial charge >= 0.3 is 0 Å². The highest BCUT2D eigenvalue weighted by Crippen LogP contribution is 2.14. The van der Waals surface area contributed by atoms with Gasteiger partial charge in [0.05, 0.1) is 17.7 Å². The summed E-state index contributed by atoms with van der Waals surface area (Å²) in [5.41, 5.74) is 2.49. The van der Waals surface area contributed by atoms with Crippen LogP contribution in [-0.4, -0.2) is 65.6 Å². The van der Waals surface area contributed by atoms with Gasteiger partial charge in [0.15, 0.2) is 0 Å². The maximum absolute atomic E-state index is 4.41. The number of H-pyrrole nitrogens is 1. The smallest absolute Gasteiger partial charge is 0.0925 e. The quantitative estimate of drug-likeness (QED) is 0.795. The van der Waals surface area contributed by atoms with E-state index in [-0.39, 0.29) is 0 Å². The Morgan fingerprint density at radius 3 is 2.95 bits per heavy atom. The van der Waals surface area contributed by atoms with Crippen LogP contribution >= 0.6 is 0 Å². The van der Waals surface area contributed by atoms with Crippen LogP contribution in [0.1, 0.15) is 25.2 Å². The first-order chi connectivity index (χ1) is 9.10. The predicted octanol–water partition coefficient (Wildman–Crippen LogP) is 0.696. The summed E-state index contributed by atoms with van der Waals surface area (Å²) in [6.45, 7) is 8.77. The van der Waals surface area contributed by atoms with Crippen molar-refractivity contribution in [1.29, 1.82) is 0 Å². The van der Waals surface area contributed by atoms with Crippen LogP contribution in [0.2, 0.25) is 0 Å². The summed E-state index contributed by atoms with van der Waals surface area (Å²) in [6.07, 6.45) is 2.84. The molecule has 2 N–H and O–H groups in total. The minimum absolute atomic E-state index is 0.514. The molecule has 0 aromatic carbocycles. The Hall–Kier alpha value is -0.910. The van der Waals surface area contributed by atoms with Crippen molar-refractivity contribution in [3.8, 4) is 0 Å². The molecule has 1 aromatic heterocycles. The molecule has 0 spiro atoms. The Balaban J connectivity index is 1.89. The summed E-state index contributed by atoms with van der Waals surface area (Å²) in [7, 11) is 4.28. The van der Waals surface area contributed by atoms with Crippen molar-refractivity contribution in [3.63, 3.8) is 0 Å². The van der Waals surface area contributed by atoms with Gasteiger partial charge in [-0.3, -0.25) is 4.90 Å². The molecule has 1 aliphatic heterocycles. The van der Waals surface area contributed by atoms with Crippen molar-refractivity contribution < 1.29 is 0 Å². The number of nitrogens with zero attached hydrogens (tertiary/aromatic N) is 3. The molecule has 0 saturated heterocycles. The molecule has 2 rings (SSSR count). The van der Waals surface area contributed by atoms with Gasteiger partial charge in [-0.05, 0) is 27.6 Å². The minimum Gasteiger partial charge on any atom is -0.347 e. The fourth-order valence-electron chi connectivity index (χ4n) is 2.91. The minimum atomic E-state index is 0.514. The third-order valence-electron chi connectivity index (χ3n) is 3.93. The second kappa shape index (κ2) is 6.50. The Kier molecular flexibility index (Phi) is 4.96. The Bertz CT molecular complexity index is 387. The number of rotatable bonds is 6. The topological polar surface area (TPSA) is 47.2 Å². The van der Waals surface area contributed by atoms with Crippen LogP contribution in [0.15, 0.2) is 6.33 Å². The van der Waals surface area contributed by atoms with E-state index in [0.29, 0.717) is 12.1 Å². The van der Waals surface area contributed by atoms with E-state index in [9.17, 15) is 0 Å². The molecule has 0 amide bonds.